The summed E-state index contributed by atoms with van der Waals surface area (Å²) in [7, 11) is 0. The number of hydrogen-bond donors (Lipinski definition) is 1. The average molecular weight is 334 g/mol. The first-order chi connectivity index (χ1) is 10.9. The summed E-state index contributed by atoms with van der Waals surface area (Å²) in [5, 5.41) is 3.62. The molecule has 1 aliphatic rings. The number of thiocarbonyl (C=S) groups is 1. The van der Waals surface area contributed by atoms with Crippen LogP contribution in [0.25, 0.3) is 0 Å². The lowest BCUT2D eigenvalue weighted by Crippen LogP contribution is -2.32. The number of carbonyl (C=O) groups is 3. The zero-order valence-electron chi connectivity index (χ0n) is 13.0. The molecule has 2 rings (SSSR count). The number of rotatable bonds is 5. The van der Waals surface area contributed by atoms with Crippen molar-refractivity contribution in [1.82, 2.24) is 5.06 Å². The molecule has 1 N–H and O–H groups in total. The summed E-state index contributed by atoms with van der Waals surface area (Å²) in [4.78, 5) is 40.4. The summed E-state index contributed by atoms with van der Waals surface area (Å²) in [6.45, 7) is 4.15. The second-order valence-corrected chi connectivity index (χ2v) is 6.18. The third-order valence-corrected chi connectivity index (χ3v) is 3.45. The number of nitrogens with zero attached hydrogens (tertiary/aromatic N) is 1. The number of hydrogen-bond acceptors (Lipinski definition) is 5. The summed E-state index contributed by atoms with van der Waals surface area (Å²) in [6.07, 6.45) is 0.919. The van der Waals surface area contributed by atoms with Crippen molar-refractivity contribution in [2.45, 2.75) is 33.1 Å². The molecule has 122 valence electrons. The number of nitrogens with one attached hydrogen (secondary N) is 1. The highest BCUT2D eigenvalue weighted by Gasteiger charge is 2.33. The lowest BCUT2D eigenvalue weighted by Gasteiger charge is -2.13. The Labute approximate surface area is 139 Å². The maximum Gasteiger partial charge on any atom is 0.363 e. The quantitative estimate of drug-likeness (QED) is 0.659. The molecule has 2 amide bonds. The smallest absolute Gasteiger partial charge is 0.350 e. The van der Waals surface area contributed by atoms with Gasteiger partial charge in [-0.25, -0.2) is 4.79 Å². The van der Waals surface area contributed by atoms with E-state index in [0.717, 1.165) is 17.1 Å². The Kier molecular flexibility index (Phi) is 5.44. The molecule has 1 heterocycles. The number of amides is 2. The largest absolute Gasteiger partial charge is 0.363 e. The van der Waals surface area contributed by atoms with Crippen LogP contribution in [0.4, 0.5) is 5.69 Å². The average Bonchev–Trinajstić information content (AvgIpc) is 2.79. The number of carbonyl (C=O) groups excluding carboxylic acids is 3. The van der Waals surface area contributed by atoms with Crippen LogP contribution < -0.4 is 5.32 Å². The van der Waals surface area contributed by atoms with E-state index in [4.69, 9.17) is 17.1 Å². The molecule has 0 aromatic heterocycles. The maximum absolute atomic E-state index is 12.0. The van der Waals surface area contributed by atoms with Gasteiger partial charge in [0.25, 0.3) is 11.8 Å². The number of hydroxylamine groups is 2. The van der Waals surface area contributed by atoms with Crippen LogP contribution in [0, 0.1) is 5.92 Å². The van der Waals surface area contributed by atoms with Gasteiger partial charge in [0.15, 0.2) is 0 Å². The molecule has 0 unspecified atom stereocenters. The van der Waals surface area contributed by atoms with Gasteiger partial charge in [-0.1, -0.05) is 26.1 Å². The topological polar surface area (TPSA) is 75.7 Å². The Balaban J connectivity index is 1.96. The van der Waals surface area contributed by atoms with Crippen LogP contribution in [0.1, 0.15) is 43.5 Å². The molecule has 0 radical (unpaired) electrons. The van der Waals surface area contributed by atoms with Gasteiger partial charge in [-0.05, 0) is 30.2 Å². The van der Waals surface area contributed by atoms with Gasteiger partial charge in [-0.3, -0.25) is 9.59 Å². The predicted molar refractivity (Wildman–Crippen MR) is 88.6 cm³/mol. The summed E-state index contributed by atoms with van der Waals surface area (Å²) in [5.74, 6) is -1.29. The molecule has 7 heteroatoms. The molecule has 0 saturated carbocycles. The van der Waals surface area contributed by atoms with Gasteiger partial charge < -0.3 is 10.2 Å². The van der Waals surface area contributed by atoms with Crippen LogP contribution in [0.15, 0.2) is 24.3 Å². The van der Waals surface area contributed by atoms with Crippen LogP contribution in [-0.4, -0.2) is 27.8 Å². The van der Waals surface area contributed by atoms with E-state index in [1.165, 1.54) is 0 Å². The van der Waals surface area contributed by atoms with Crippen LogP contribution in [0.3, 0.4) is 0 Å². The van der Waals surface area contributed by atoms with Gasteiger partial charge in [0.05, 0.1) is 10.6 Å². The molecule has 6 nitrogen and oxygen atoms in total. The minimum atomic E-state index is -0.745. The minimum Gasteiger partial charge on any atom is -0.350 e. The standard InChI is InChI=1S/C16H18N2O4S/c1-10(2)9-13(23)17-12-5-3-11(4-6-12)16(21)22-18-14(19)7-8-15(18)20/h3-6,10H,7-9H2,1-2H3,(H,17,23). The Morgan fingerprint density at radius 1 is 1.22 bits per heavy atom. The molecule has 0 spiro atoms. The van der Waals surface area contributed by atoms with Crippen molar-refractivity contribution in [1.29, 1.82) is 0 Å². The van der Waals surface area contributed by atoms with Crippen molar-refractivity contribution < 1.29 is 19.2 Å². The normalized spacial score (nSPS) is 14.3. The lowest BCUT2D eigenvalue weighted by atomic mass is 10.1. The highest BCUT2D eigenvalue weighted by Crippen LogP contribution is 2.16. The third-order valence-electron chi connectivity index (χ3n) is 3.18. The molecule has 1 saturated heterocycles. The zero-order valence-corrected chi connectivity index (χ0v) is 13.8. The molecular formula is C16H18N2O4S. The Bertz CT molecular complexity index is 624. The fourth-order valence-corrected chi connectivity index (χ4v) is 2.52. The Morgan fingerprint density at radius 2 is 1.78 bits per heavy atom. The molecule has 1 aliphatic heterocycles. The fraction of sp³-hybridized carbons (Fsp3) is 0.375. The first kappa shape index (κ1) is 17.1. The van der Waals surface area contributed by atoms with Crippen LogP contribution in [-0.2, 0) is 14.4 Å². The summed E-state index contributed by atoms with van der Waals surface area (Å²) >= 11 is 5.23. The Hall–Kier alpha value is -2.28. The van der Waals surface area contributed by atoms with E-state index in [9.17, 15) is 14.4 Å². The minimum absolute atomic E-state index is 0.0717. The van der Waals surface area contributed by atoms with Gasteiger partial charge >= 0.3 is 5.97 Å². The van der Waals surface area contributed by atoms with Crippen LogP contribution in [0.2, 0.25) is 0 Å². The van der Waals surface area contributed by atoms with E-state index in [-0.39, 0.29) is 18.4 Å². The highest BCUT2D eigenvalue weighted by atomic mass is 32.1. The van der Waals surface area contributed by atoms with E-state index in [2.05, 4.69) is 19.2 Å². The van der Waals surface area contributed by atoms with E-state index < -0.39 is 17.8 Å². The first-order valence-electron chi connectivity index (χ1n) is 7.35. The Morgan fingerprint density at radius 3 is 2.30 bits per heavy atom. The van der Waals surface area contributed by atoms with Gasteiger partial charge in [0.1, 0.15) is 0 Å². The zero-order chi connectivity index (χ0) is 17.0. The third kappa shape index (κ3) is 4.59. The number of anilines is 1. The van der Waals surface area contributed by atoms with E-state index in [1.807, 2.05) is 0 Å². The molecule has 0 aliphatic carbocycles. The number of imide groups is 1. The molecule has 23 heavy (non-hydrogen) atoms. The van der Waals surface area contributed by atoms with Crippen molar-refractivity contribution in [3.8, 4) is 0 Å². The molecule has 0 atom stereocenters. The van der Waals surface area contributed by atoms with Crippen molar-refractivity contribution in [2.75, 3.05) is 5.32 Å². The highest BCUT2D eigenvalue weighted by molar-refractivity contribution is 7.80. The SMILES string of the molecule is CC(C)CC(=S)Nc1ccc(C(=O)ON2C(=O)CCC2=O)cc1. The lowest BCUT2D eigenvalue weighted by molar-refractivity contribution is -0.172. The summed E-state index contributed by atoms with van der Waals surface area (Å²) in [5.41, 5.74) is 1.01. The van der Waals surface area contributed by atoms with Crippen LogP contribution in [0.5, 0.6) is 0 Å². The second kappa shape index (κ2) is 7.32. The molecule has 1 aromatic rings. The van der Waals surface area contributed by atoms with Crippen molar-refractivity contribution >= 4 is 40.7 Å². The van der Waals surface area contributed by atoms with Gasteiger partial charge in [0.2, 0.25) is 0 Å². The number of benzene rings is 1. The van der Waals surface area contributed by atoms with Crippen molar-refractivity contribution in [3.05, 3.63) is 29.8 Å². The fourth-order valence-electron chi connectivity index (χ4n) is 2.07. The van der Waals surface area contributed by atoms with Crippen molar-refractivity contribution in [2.24, 2.45) is 5.92 Å². The van der Waals surface area contributed by atoms with Crippen molar-refractivity contribution in [3.63, 3.8) is 0 Å². The van der Waals surface area contributed by atoms with E-state index in [1.54, 1.807) is 24.3 Å². The molecule has 0 bridgehead atoms. The van der Waals surface area contributed by atoms with E-state index >= 15 is 0 Å². The van der Waals surface area contributed by atoms with Gasteiger partial charge in [-0.2, -0.15) is 0 Å². The molecule has 1 aromatic carbocycles. The van der Waals surface area contributed by atoms with Gasteiger partial charge in [-0.15, -0.1) is 5.06 Å². The summed E-state index contributed by atoms with van der Waals surface area (Å²) < 4.78 is 0. The molecular weight excluding hydrogens is 316 g/mol. The molecule has 1 fully saturated rings. The summed E-state index contributed by atoms with van der Waals surface area (Å²) in [6, 6.07) is 6.48. The van der Waals surface area contributed by atoms with E-state index in [0.29, 0.717) is 11.0 Å². The van der Waals surface area contributed by atoms with Crippen LogP contribution >= 0.6 is 12.2 Å². The van der Waals surface area contributed by atoms with Gasteiger partial charge in [0, 0.05) is 24.9 Å². The maximum atomic E-state index is 12.0. The second-order valence-electron chi connectivity index (χ2n) is 5.68. The predicted octanol–water partition coefficient (Wildman–Crippen LogP) is 2.69. The monoisotopic (exact) mass is 334 g/mol. The first-order valence-corrected chi connectivity index (χ1v) is 7.75.